The number of fused-ring (bicyclic) bond motifs is 1. The third-order valence-electron chi connectivity index (χ3n) is 5.05. The smallest absolute Gasteiger partial charge is 0.306 e. The summed E-state index contributed by atoms with van der Waals surface area (Å²) in [5, 5.41) is 0. The largest absolute Gasteiger partial charge is 0.469 e. The molecule has 0 spiro atoms. The maximum Gasteiger partial charge on any atom is 0.306 e. The average molecular weight is 237 g/mol. The van der Waals surface area contributed by atoms with Gasteiger partial charge in [0.05, 0.1) is 13.5 Å². The maximum atomic E-state index is 11.3. The molecule has 3 heteroatoms. The van der Waals surface area contributed by atoms with Crippen LogP contribution in [0.1, 0.15) is 38.5 Å². The number of methoxy groups -OCH3 is 1. The van der Waals surface area contributed by atoms with Gasteiger partial charge in [-0.3, -0.25) is 9.69 Å². The zero-order chi connectivity index (χ0) is 11.8. The average Bonchev–Trinajstić information content (AvgIpc) is 2.50. The number of carbonyl (C=O) groups is 1. The Morgan fingerprint density at radius 3 is 2.41 bits per heavy atom. The monoisotopic (exact) mass is 237 g/mol. The summed E-state index contributed by atoms with van der Waals surface area (Å²) in [6, 6.07) is 0.760. The molecule has 0 radical (unpaired) electrons. The van der Waals surface area contributed by atoms with E-state index in [1.807, 2.05) is 0 Å². The van der Waals surface area contributed by atoms with E-state index >= 15 is 0 Å². The zero-order valence-electron chi connectivity index (χ0n) is 10.7. The van der Waals surface area contributed by atoms with Crippen molar-refractivity contribution < 1.29 is 9.53 Å². The van der Waals surface area contributed by atoms with Crippen LogP contribution in [0.3, 0.4) is 0 Å². The topological polar surface area (TPSA) is 29.5 Å². The van der Waals surface area contributed by atoms with Crippen LogP contribution in [-0.2, 0) is 9.53 Å². The minimum atomic E-state index is -0.0612. The summed E-state index contributed by atoms with van der Waals surface area (Å²) >= 11 is 0. The highest BCUT2D eigenvalue weighted by atomic mass is 16.5. The molecular weight excluding hydrogens is 214 g/mol. The van der Waals surface area contributed by atoms with E-state index in [1.165, 1.54) is 45.8 Å². The highest BCUT2D eigenvalue weighted by molar-refractivity contribution is 5.69. The number of rotatable bonds is 3. The lowest BCUT2D eigenvalue weighted by atomic mass is 9.68. The molecule has 2 saturated heterocycles. The number of hydrogen-bond donors (Lipinski definition) is 0. The van der Waals surface area contributed by atoms with E-state index in [4.69, 9.17) is 4.74 Å². The molecule has 96 valence electrons. The first-order valence-corrected chi connectivity index (χ1v) is 7.05. The molecule has 0 N–H and O–H groups in total. The number of ether oxygens (including phenoxy) is 1. The summed E-state index contributed by atoms with van der Waals surface area (Å²) in [5.74, 6) is 2.82. The van der Waals surface area contributed by atoms with E-state index in [0.29, 0.717) is 6.42 Å². The Labute approximate surface area is 104 Å². The maximum absolute atomic E-state index is 11.3. The van der Waals surface area contributed by atoms with Crippen LogP contribution in [0, 0.1) is 17.8 Å². The van der Waals surface area contributed by atoms with Gasteiger partial charge >= 0.3 is 5.97 Å². The molecule has 4 rings (SSSR count). The van der Waals surface area contributed by atoms with Crippen molar-refractivity contribution in [3.8, 4) is 0 Å². The van der Waals surface area contributed by atoms with Gasteiger partial charge < -0.3 is 4.74 Å². The second kappa shape index (κ2) is 4.60. The van der Waals surface area contributed by atoms with Crippen molar-refractivity contribution in [1.82, 2.24) is 4.90 Å². The SMILES string of the molecule is COC(=O)CCN1CC2C[C@@H]3CC1C[C@H](C2)C3. The van der Waals surface area contributed by atoms with Crippen molar-refractivity contribution in [2.75, 3.05) is 20.2 Å². The molecule has 2 unspecified atom stereocenters. The molecule has 2 heterocycles. The summed E-state index contributed by atoms with van der Waals surface area (Å²) in [4.78, 5) is 13.8. The molecule has 0 aromatic heterocycles. The quantitative estimate of drug-likeness (QED) is 0.704. The molecule has 0 aromatic carbocycles. The third-order valence-corrected chi connectivity index (χ3v) is 5.05. The van der Waals surface area contributed by atoms with Crippen molar-refractivity contribution in [2.45, 2.75) is 44.6 Å². The van der Waals surface area contributed by atoms with Crippen LogP contribution in [0.15, 0.2) is 0 Å². The normalized spacial score (nSPS) is 40.3. The minimum Gasteiger partial charge on any atom is -0.469 e. The Balaban J connectivity index is 1.63. The van der Waals surface area contributed by atoms with Crippen molar-refractivity contribution in [2.24, 2.45) is 17.8 Å². The van der Waals surface area contributed by atoms with E-state index in [9.17, 15) is 4.79 Å². The molecule has 2 aliphatic heterocycles. The standard InChI is InChI=1S/C14H23NO2/c1-17-14(16)2-3-15-9-12-5-10-4-11(6-12)8-13(15)7-10/h10-13H,2-9H2,1H3/t10-,11+,12?,13?. The summed E-state index contributed by atoms with van der Waals surface area (Å²) in [6.45, 7) is 2.14. The predicted molar refractivity (Wildman–Crippen MR) is 65.5 cm³/mol. The first-order chi connectivity index (χ1) is 8.24. The number of esters is 1. The molecule has 0 amide bonds. The summed E-state index contributed by atoms with van der Waals surface area (Å²) < 4.78 is 4.75. The van der Waals surface area contributed by atoms with Crippen LogP contribution in [0.25, 0.3) is 0 Å². The Morgan fingerprint density at radius 1 is 1.12 bits per heavy atom. The fourth-order valence-electron chi connectivity index (χ4n) is 4.49. The van der Waals surface area contributed by atoms with Gasteiger partial charge in [0.15, 0.2) is 0 Å². The fourth-order valence-corrected chi connectivity index (χ4v) is 4.49. The lowest BCUT2D eigenvalue weighted by Crippen LogP contribution is -2.39. The second-order valence-electron chi connectivity index (χ2n) is 6.25. The minimum absolute atomic E-state index is 0.0612. The van der Waals surface area contributed by atoms with E-state index in [2.05, 4.69) is 4.90 Å². The van der Waals surface area contributed by atoms with Crippen molar-refractivity contribution >= 4 is 5.97 Å². The molecule has 4 bridgehead atoms. The van der Waals surface area contributed by atoms with E-state index in [1.54, 1.807) is 0 Å². The van der Waals surface area contributed by atoms with Crippen molar-refractivity contribution in [3.63, 3.8) is 0 Å². The van der Waals surface area contributed by atoms with Gasteiger partial charge in [-0.25, -0.2) is 0 Å². The molecule has 3 nitrogen and oxygen atoms in total. The van der Waals surface area contributed by atoms with Crippen LogP contribution >= 0.6 is 0 Å². The van der Waals surface area contributed by atoms with Gasteiger partial charge in [0.25, 0.3) is 0 Å². The Kier molecular flexibility index (Phi) is 3.12. The Hall–Kier alpha value is -0.570. The first kappa shape index (κ1) is 11.5. The first-order valence-electron chi connectivity index (χ1n) is 7.05. The molecule has 4 fully saturated rings. The molecule has 2 saturated carbocycles. The van der Waals surface area contributed by atoms with Crippen LogP contribution in [-0.4, -0.2) is 37.1 Å². The van der Waals surface area contributed by atoms with Gasteiger partial charge in [-0.05, 0) is 49.9 Å². The number of hydrogen-bond acceptors (Lipinski definition) is 3. The molecule has 2 aliphatic carbocycles. The van der Waals surface area contributed by atoms with Gasteiger partial charge in [0.2, 0.25) is 0 Å². The van der Waals surface area contributed by atoms with Gasteiger partial charge in [0, 0.05) is 19.1 Å². The van der Waals surface area contributed by atoms with Crippen LogP contribution in [0.5, 0.6) is 0 Å². The van der Waals surface area contributed by atoms with Crippen molar-refractivity contribution in [3.05, 3.63) is 0 Å². The van der Waals surface area contributed by atoms with Gasteiger partial charge in [-0.2, -0.15) is 0 Å². The van der Waals surface area contributed by atoms with E-state index < -0.39 is 0 Å². The van der Waals surface area contributed by atoms with Crippen LogP contribution in [0.2, 0.25) is 0 Å². The fraction of sp³-hybridized carbons (Fsp3) is 0.929. The van der Waals surface area contributed by atoms with Gasteiger partial charge in [-0.15, -0.1) is 0 Å². The van der Waals surface area contributed by atoms with E-state index in [-0.39, 0.29) is 5.97 Å². The molecule has 4 aliphatic rings. The van der Waals surface area contributed by atoms with Gasteiger partial charge in [-0.1, -0.05) is 0 Å². The lowest BCUT2D eigenvalue weighted by Gasteiger charge is -2.39. The molecule has 0 aromatic rings. The summed E-state index contributed by atoms with van der Waals surface area (Å²) in [7, 11) is 1.48. The summed E-state index contributed by atoms with van der Waals surface area (Å²) in [5.41, 5.74) is 0. The second-order valence-corrected chi connectivity index (χ2v) is 6.25. The summed E-state index contributed by atoms with van der Waals surface area (Å²) in [6.07, 6.45) is 7.71. The third kappa shape index (κ3) is 2.35. The lowest BCUT2D eigenvalue weighted by molar-refractivity contribution is -0.141. The van der Waals surface area contributed by atoms with Gasteiger partial charge in [0.1, 0.15) is 0 Å². The number of carbonyl (C=O) groups excluding carboxylic acids is 1. The van der Waals surface area contributed by atoms with E-state index in [0.717, 1.165) is 30.3 Å². The van der Waals surface area contributed by atoms with Crippen LogP contribution in [0.4, 0.5) is 0 Å². The Morgan fingerprint density at radius 2 is 1.76 bits per heavy atom. The van der Waals surface area contributed by atoms with Crippen LogP contribution < -0.4 is 0 Å². The highest BCUT2D eigenvalue weighted by Crippen LogP contribution is 2.47. The number of nitrogens with zero attached hydrogens (tertiary/aromatic N) is 1. The zero-order valence-corrected chi connectivity index (χ0v) is 10.7. The molecular formula is C14H23NO2. The molecule has 17 heavy (non-hydrogen) atoms. The predicted octanol–water partition coefficient (Wildman–Crippen LogP) is 2.06. The Bertz CT molecular complexity index is 291. The highest BCUT2D eigenvalue weighted by Gasteiger charge is 2.42. The van der Waals surface area contributed by atoms with Crippen molar-refractivity contribution in [1.29, 1.82) is 0 Å². The molecule has 4 atom stereocenters.